The second-order valence-corrected chi connectivity index (χ2v) is 11.0. The number of rotatable bonds is 7. The van der Waals surface area contributed by atoms with E-state index in [1.54, 1.807) is 24.3 Å². The number of fused-ring (bicyclic) bond motifs is 1. The molecule has 1 heterocycles. The minimum Gasteiger partial charge on any atom is -0.352 e. The van der Waals surface area contributed by atoms with Crippen LogP contribution in [-0.4, -0.2) is 44.1 Å². The highest BCUT2D eigenvalue weighted by Gasteiger charge is 2.34. The molecule has 3 aromatic rings. The van der Waals surface area contributed by atoms with Crippen molar-refractivity contribution in [3.05, 3.63) is 52.8 Å². The number of carbonyl (C=O) groups is 2. The molecule has 4 rings (SSSR count). The fourth-order valence-electron chi connectivity index (χ4n) is 3.28. The molecule has 1 fully saturated rings. The number of hydrogen-bond donors (Lipinski definition) is 2. The highest BCUT2D eigenvalue weighted by Crippen LogP contribution is 2.34. The van der Waals surface area contributed by atoms with E-state index in [1.165, 1.54) is 12.1 Å². The molecule has 33 heavy (non-hydrogen) atoms. The van der Waals surface area contributed by atoms with Crippen molar-refractivity contribution >= 4 is 43.2 Å². The van der Waals surface area contributed by atoms with Crippen LogP contribution in [0.25, 0.3) is 21.3 Å². The van der Waals surface area contributed by atoms with E-state index in [9.17, 15) is 22.4 Å². The van der Waals surface area contributed by atoms with Gasteiger partial charge in [0, 0.05) is 17.9 Å². The smallest absolute Gasteiger partial charge is 0.245 e. The average Bonchev–Trinajstić information content (AvgIpc) is 3.48. The number of nitrogens with one attached hydrogen (secondary N) is 2. The lowest BCUT2D eigenvalue weighted by atomic mass is 10.0. The van der Waals surface area contributed by atoms with Gasteiger partial charge in [-0.15, -0.1) is 11.3 Å². The van der Waals surface area contributed by atoms with Crippen molar-refractivity contribution < 1.29 is 22.4 Å². The largest absolute Gasteiger partial charge is 0.352 e. The van der Waals surface area contributed by atoms with Crippen molar-refractivity contribution in [3.63, 3.8) is 0 Å². The Balaban J connectivity index is 1.63. The minimum absolute atomic E-state index is 0.0102. The Labute approximate surface area is 193 Å². The van der Waals surface area contributed by atoms with Crippen molar-refractivity contribution in [2.45, 2.75) is 24.1 Å². The molecule has 1 aromatic heterocycles. The van der Waals surface area contributed by atoms with Gasteiger partial charge >= 0.3 is 0 Å². The van der Waals surface area contributed by atoms with Crippen LogP contribution in [-0.2, 0) is 19.4 Å². The number of sulfone groups is 1. The highest BCUT2D eigenvalue weighted by molar-refractivity contribution is 7.91. The minimum atomic E-state index is -3.92. The van der Waals surface area contributed by atoms with Gasteiger partial charge < -0.3 is 10.6 Å². The quantitative estimate of drug-likeness (QED) is 0.528. The fraction of sp³-hybridized carbons (Fsp3) is 0.273. The van der Waals surface area contributed by atoms with E-state index in [4.69, 9.17) is 5.26 Å². The van der Waals surface area contributed by atoms with E-state index in [0.29, 0.717) is 21.3 Å². The van der Waals surface area contributed by atoms with Crippen molar-refractivity contribution in [1.29, 1.82) is 5.26 Å². The van der Waals surface area contributed by atoms with Crippen molar-refractivity contribution in [2.75, 3.05) is 12.8 Å². The summed E-state index contributed by atoms with van der Waals surface area (Å²) in [6, 6.07) is 11.2. The highest BCUT2D eigenvalue weighted by atomic mass is 32.2. The molecule has 0 spiro atoms. The Bertz CT molecular complexity index is 1390. The van der Waals surface area contributed by atoms with E-state index in [1.807, 2.05) is 6.07 Å². The van der Waals surface area contributed by atoms with Crippen molar-refractivity contribution in [3.8, 4) is 17.2 Å². The Morgan fingerprint density at radius 1 is 1.27 bits per heavy atom. The summed E-state index contributed by atoms with van der Waals surface area (Å²) in [5, 5.41) is 12.4. The molecule has 2 N–H and O–H groups in total. The maximum atomic E-state index is 14.8. The molecule has 0 radical (unpaired) electrons. The SMILES string of the molecule is CS(=O)(=O)C(C(=O)NCC(=O)NC1CC1)c1nc2cc(-c3ccc(C#N)cc3)c(F)cc2s1. The predicted octanol–water partition coefficient (Wildman–Crippen LogP) is 2.45. The Kier molecular flexibility index (Phi) is 6.14. The van der Waals surface area contributed by atoms with E-state index in [2.05, 4.69) is 15.6 Å². The summed E-state index contributed by atoms with van der Waals surface area (Å²) in [5.41, 5.74) is 1.54. The number of hydrogen-bond acceptors (Lipinski definition) is 7. The Morgan fingerprint density at radius 3 is 2.58 bits per heavy atom. The van der Waals surface area contributed by atoms with Gasteiger partial charge in [-0.3, -0.25) is 9.59 Å². The molecule has 0 bridgehead atoms. The lowest BCUT2D eigenvalue weighted by Crippen LogP contribution is -2.41. The molecule has 0 aliphatic heterocycles. The zero-order chi connectivity index (χ0) is 23.8. The number of nitrogens with zero attached hydrogens (tertiary/aromatic N) is 2. The van der Waals surface area contributed by atoms with E-state index in [-0.39, 0.29) is 23.2 Å². The van der Waals surface area contributed by atoms with Gasteiger partial charge in [0.2, 0.25) is 11.8 Å². The van der Waals surface area contributed by atoms with Crippen LogP contribution in [0.3, 0.4) is 0 Å². The van der Waals surface area contributed by atoms with Crippen LogP contribution < -0.4 is 10.6 Å². The van der Waals surface area contributed by atoms with Crippen LogP contribution in [0.1, 0.15) is 28.7 Å². The maximum Gasteiger partial charge on any atom is 0.245 e. The van der Waals surface area contributed by atoms with Crippen LogP contribution in [0.5, 0.6) is 0 Å². The summed E-state index contributed by atoms with van der Waals surface area (Å²) in [5.74, 6) is -1.80. The Morgan fingerprint density at radius 2 is 1.97 bits per heavy atom. The number of aromatic nitrogens is 1. The predicted molar refractivity (Wildman–Crippen MR) is 121 cm³/mol. The first kappa shape index (κ1) is 22.8. The van der Waals surface area contributed by atoms with Gasteiger partial charge in [0.05, 0.1) is 28.4 Å². The van der Waals surface area contributed by atoms with Crippen molar-refractivity contribution in [1.82, 2.24) is 15.6 Å². The molecular formula is C22H19FN4O4S2. The number of carbonyl (C=O) groups excluding carboxylic acids is 2. The molecule has 1 aliphatic rings. The lowest BCUT2D eigenvalue weighted by Gasteiger charge is -2.12. The van der Waals surface area contributed by atoms with E-state index < -0.39 is 32.7 Å². The summed E-state index contributed by atoms with van der Waals surface area (Å²) in [7, 11) is -3.92. The summed E-state index contributed by atoms with van der Waals surface area (Å²) in [4.78, 5) is 28.8. The third-order valence-electron chi connectivity index (χ3n) is 5.08. The zero-order valence-electron chi connectivity index (χ0n) is 17.5. The summed E-state index contributed by atoms with van der Waals surface area (Å²) in [6.45, 7) is -0.344. The number of amides is 2. The molecule has 1 aliphatic carbocycles. The molecule has 1 unspecified atom stereocenters. The zero-order valence-corrected chi connectivity index (χ0v) is 19.1. The molecule has 2 amide bonds. The molecule has 8 nitrogen and oxygen atoms in total. The normalized spacial score (nSPS) is 14.5. The molecule has 2 aromatic carbocycles. The number of thiazole rings is 1. The first-order valence-electron chi connectivity index (χ1n) is 10.0. The maximum absolute atomic E-state index is 14.8. The van der Waals surface area contributed by atoms with E-state index in [0.717, 1.165) is 30.4 Å². The summed E-state index contributed by atoms with van der Waals surface area (Å²) >= 11 is 0.905. The standard InChI is InChI=1S/C22H19FN4O4S2/c1-33(30,31)20(21(29)25-11-19(28)26-14-6-7-14)22-27-17-8-15(16(23)9-18(17)32-22)13-4-2-12(10-24)3-5-13/h2-5,8-9,14,20H,6-7,11H2,1H3,(H,25,29)(H,26,28). The van der Waals surface area contributed by atoms with E-state index >= 15 is 0 Å². The van der Waals surface area contributed by atoms with Gasteiger partial charge in [-0.05, 0) is 42.7 Å². The third kappa shape index (κ3) is 5.18. The first-order chi connectivity index (χ1) is 15.7. The van der Waals surface area contributed by atoms with Crippen LogP contribution in [0.2, 0.25) is 0 Å². The fourth-order valence-corrected chi connectivity index (χ4v) is 5.80. The van der Waals surface area contributed by atoms with Crippen molar-refractivity contribution in [2.24, 2.45) is 0 Å². The Hall–Kier alpha value is -3.36. The third-order valence-corrected chi connectivity index (χ3v) is 7.60. The van der Waals surface area contributed by atoms with Gasteiger partial charge in [0.1, 0.15) is 10.8 Å². The molecular weight excluding hydrogens is 467 g/mol. The molecule has 1 atom stereocenters. The van der Waals surface area contributed by atoms with Gasteiger partial charge in [-0.25, -0.2) is 17.8 Å². The number of halogens is 1. The molecule has 1 saturated carbocycles. The molecule has 11 heteroatoms. The van der Waals surface area contributed by atoms with Crippen LogP contribution in [0.4, 0.5) is 4.39 Å². The van der Waals surface area contributed by atoms with Gasteiger partial charge in [0.15, 0.2) is 15.1 Å². The van der Waals surface area contributed by atoms with Crippen LogP contribution >= 0.6 is 11.3 Å². The van der Waals surface area contributed by atoms with Crippen LogP contribution in [0, 0.1) is 17.1 Å². The van der Waals surface area contributed by atoms with Gasteiger partial charge in [-0.2, -0.15) is 5.26 Å². The molecule has 170 valence electrons. The number of nitriles is 1. The van der Waals surface area contributed by atoms with Gasteiger partial charge in [-0.1, -0.05) is 12.1 Å². The second kappa shape index (κ2) is 8.88. The van der Waals surface area contributed by atoms with Crippen LogP contribution in [0.15, 0.2) is 36.4 Å². The van der Waals surface area contributed by atoms with Gasteiger partial charge in [0.25, 0.3) is 0 Å². The monoisotopic (exact) mass is 486 g/mol. The summed E-state index contributed by atoms with van der Waals surface area (Å²) in [6.07, 6.45) is 2.69. The summed E-state index contributed by atoms with van der Waals surface area (Å²) < 4.78 is 40.0. The lowest BCUT2D eigenvalue weighted by molar-refractivity contribution is -0.126. The second-order valence-electron chi connectivity index (χ2n) is 7.81. The molecule has 0 saturated heterocycles. The average molecular weight is 487 g/mol. The topological polar surface area (TPSA) is 129 Å². The number of benzene rings is 2. The first-order valence-corrected chi connectivity index (χ1v) is 12.8.